The molecule has 2 aliphatic rings. The highest BCUT2D eigenvalue weighted by Gasteiger charge is 2.30. The van der Waals surface area contributed by atoms with Gasteiger partial charge in [0.25, 0.3) is 0 Å². The monoisotopic (exact) mass is 488 g/mol. The van der Waals surface area contributed by atoms with Crippen LogP contribution in [0, 0.1) is 11.8 Å². The third kappa shape index (κ3) is 8.86. The first kappa shape index (κ1) is 26.5. The second-order valence-electron chi connectivity index (χ2n) is 9.25. The lowest BCUT2D eigenvalue weighted by atomic mass is 9.92. The summed E-state index contributed by atoms with van der Waals surface area (Å²) in [4.78, 5) is 50.7. The van der Waals surface area contributed by atoms with E-state index >= 15 is 0 Å². The highest BCUT2D eigenvalue weighted by atomic mass is 16.5. The minimum Gasteiger partial charge on any atom is -0.480 e. The van der Waals surface area contributed by atoms with Crippen molar-refractivity contribution < 1.29 is 29.0 Å². The Hall–Kier alpha value is -3.14. The van der Waals surface area contributed by atoms with Gasteiger partial charge in [0, 0.05) is 26.1 Å². The summed E-state index contributed by atoms with van der Waals surface area (Å²) in [6.45, 7) is 2.72. The van der Waals surface area contributed by atoms with Gasteiger partial charge < -0.3 is 30.7 Å². The quantitative estimate of drug-likeness (QED) is 0.392. The lowest BCUT2D eigenvalue weighted by Gasteiger charge is -2.33. The third-order valence-electron chi connectivity index (χ3n) is 6.65. The molecule has 1 aromatic carbocycles. The van der Waals surface area contributed by atoms with Gasteiger partial charge in [-0.1, -0.05) is 30.3 Å². The average molecular weight is 489 g/mol. The molecule has 3 rings (SSSR count). The van der Waals surface area contributed by atoms with Crippen LogP contribution < -0.4 is 16.0 Å². The number of rotatable bonds is 10. The van der Waals surface area contributed by atoms with Crippen molar-refractivity contribution in [3.8, 4) is 0 Å². The summed E-state index contributed by atoms with van der Waals surface area (Å²) < 4.78 is 5.07. The van der Waals surface area contributed by atoms with Gasteiger partial charge in [-0.2, -0.15) is 0 Å². The van der Waals surface area contributed by atoms with E-state index in [1.807, 2.05) is 6.07 Å². The summed E-state index contributed by atoms with van der Waals surface area (Å²) >= 11 is 0. The number of carbonyl (C=O) groups excluding carboxylic acids is 3. The molecule has 1 unspecified atom stereocenters. The van der Waals surface area contributed by atoms with E-state index < -0.39 is 24.0 Å². The van der Waals surface area contributed by atoms with E-state index in [-0.39, 0.29) is 25.0 Å². The van der Waals surface area contributed by atoms with Crippen molar-refractivity contribution in [3.63, 3.8) is 0 Å². The van der Waals surface area contributed by atoms with Crippen molar-refractivity contribution in [1.29, 1.82) is 0 Å². The number of carboxylic acid groups (broad SMARTS) is 1. The zero-order chi connectivity index (χ0) is 25.0. The molecule has 4 N–H and O–H groups in total. The van der Waals surface area contributed by atoms with Gasteiger partial charge in [0.2, 0.25) is 11.8 Å². The molecular weight excluding hydrogens is 452 g/mol. The number of hydrogen-bond acceptors (Lipinski definition) is 6. The van der Waals surface area contributed by atoms with E-state index in [1.165, 1.54) is 0 Å². The maximum Gasteiger partial charge on any atom is 0.408 e. The lowest BCUT2D eigenvalue weighted by molar-refractivity contribution is -0.139. The van der Waals surface area contributed by atoms with Gasteiger partial charge >= 0.3 is 12.1 Å². The molecule has 2 saturated heterocycles. The van der Waals surface area contributed by atoms with Gasteiger partial charge in [-0.15, -0.1) is 0 Å². The molecule has 0 bridgehead atoms. The van der Waals surface area contributed by atoms with Crippen molar-refractivity contribution >= 4 is 23.9 Å². The number of benzene rings is 1. The molecule has 35 heavy (non-hydrogen) atoms. The molecular formula is C25H36N4O6. The highest BCUT2D eigenvalue weighted by Crippen LogP contribution is 2.21. The summed E-state index contributed by atoms with van der Waals surface area (Å²) in [6, 6.07) is 7.69. The molecule has 0 aromatic heterocycles. The number of nitrogens with zero attached hydrogens (tertiary/aromatic N) is 1. The smallest absolute Gasteiger partial charge is 0.408 e. The van der Waals surface area contributed by atoms with Gasteiger partial charge in [0.1, 0.15) is 12.6 Å². The number of amides is 3. The number of aliphatic carboxylic acids is 1. The van der Waals surface area contributed by atoms with Gasteiger partial charge in [-0.05, 0) is 56.7 Å². The Bertz CT molecular complexity index is 859. The Balaban J connectivity index is 1.40. The Morgan fingerprint density at radius 3 is 2.57 bits per heavy atom. The van der Waals surface area contributed by atoms with Crippen LogP contribution in [0.3, 0.4) is 0 Å². The van der Waals surface area contributed by atoms with Crippen LogP contribution in [0.25, 0.3) is 0 Å². The molecule has 0 aliphatic carbocycles. The fourth-order valence-corrected chi connectivity index (χ4v) is 4.53. The van der Waals surface area contributed by atoms with E-state index in [2.05, 4.69) is 16.0 Å². The van der Waals surface area contributed by atoms with Crippen molar-refractivity contribution in [2.75, 3.05) is 32.7 Å². The lowest BCUT2D eigenvalue weighted by Crippen LogP contribution is -2.51. The molecule has 2 atom stereocenters. The Morgan fingerprint density at radius 2 is 1.86 bits per heavy atom. The first-order chi connectivity index (χ1) is 16.9. The van der Waals surface area contributed by atoms with Gasteiger partial charge in [0.15, 0.2) is 0 Å². The SMILES string of the molecule is O=C(NC(CNC(=O)[C@@H]1CCCN(C(=O)CCC2CCNCC2)C1)C(=O)O)OCc1ccccc1. The van der Waals surface area contributed by atoms with Crippen LogP contribution in [-0.4, -0.2) is 72.6 Å². The van der Waals surface area contributed by atoms with Crippen molar-refractivity contribution in [1.82, 2.24) is 20.9 Å². The number of alkyl carbamates (subject to hydrolysis) is 1. The highest BCUT2D eigenvalue weighted by molar-refractivity contribution is 5.83. The molecule has 0 radical (unpaired) electrons. The van der Waals surface area contributed by atoms with E-state index in [4.69, 9.17) is 4.74 Å². The summed E-state index contributed by atoms with van der Waals surface area (Å²) in [6.07, 6.45) is 4.04. The Morgan fingerprint density at radius 1 is 1.11 bits per heavy atom. The van der Waals surface area contributed by atoms with Crippen LogP contribution in [0.2, 0.25) is 0 Å². The Labute approximate surface area is 205 Å². The number of hydrogen-bond donors (Lipinski definition) is 4. The zero-order valence-corrected chi connectivity index (χ0v) is 20.0. The molecule has 1 aromatic rings. The molecule has 2 heterocycles. The van der Waals surface area contributed by atoms with Crippen LogP contribution in [-0.2, 0) is 25.7 Å². The predicted octanol–water partition coefficient (Wildman–Crippen LogP) is 1.50. The van der Waals surface area contributed by atoms with E-state index in [1.54, 1.807) is 29.2 Å². The standard InChI is InChI=1S/C25H36N4O6/c30-22(9-8-18-10-12-26-13-11-18)29-14-4-7-20(16-29)23(31)27-15-21(24(32)33)28-25(34)35-17-19-5-2-1-3-6-19/h1-3,5-6,18,20-21,26H,4,7-17H2,(H,27,31)(H,28,34)(H,32,33)/t20-,21?/m1/s1. The van der Waals surface area contributed by atoms with Crippen LogP contribution >= 0.6 is 0 Å². The minimum atomic E-state index is -1.33. The number of carbonyl (C=O) groups is 4. The van der Waals surface area contributed by atoms with E-state index in [0.717, 1.165) is 44.3 Å². The van der Waals surface area contributed by atoms with Crippen LogP contribution in [0.15, 0.2) is 30.3 Å². The number of nitrogens with one attached hydrogen (secondary N) is 3. The third-order valence-corrected chi connectivity index (χ3v) is 6.65. The molecule has 3 amide bonds. The molecule has 10 nitrogen and oxygen atoms in total. The maximum atomic E-state index is 12.7. The topological polar surface area (TPSA) is 137 Å². The minimum absolute atomic E-state index is 0.00887. The number of likely N-dealkylation sites (tertiary alicyclic amines) is 1. The van der Waals surface area contributed by atoms with E-state index in [0.29, 0.717) is 31.8 Å². The molecule has 0 saturated carbocycles. The fraction of sp³-hybridized carbons (Fsp3) is 0.600. The first-order valence-corrected chi connectivity index (χ1v) is 12.4. The number of ether oxygens (including phenoxy) is 1. The van der Waals surface area contributed by atoms with Gasteiger partial charge in [-0.3, -0.25) is 9.59 Å². The Kier molecular flexibility index (Phi) is 10.3. The molecule has 10 heteroatoms. The second-order valence-corrected chi connectivity index (χ2v) is 9.25. The largest absolute Gasteiger partial charge is 0.480 e. The molecule has 2 fully saturated rings. The zero-order valence-electron chi connectivity index (χ0n) is 20.0. The van der Waals surface area contributed by atoms with Crippen molar-refractivity contribution in [2.24, 2.45) is 11.8 Å². The van der Waals surface area contributed by atoms with Crippen LogP contribution in [0.4, 0.5) is 4.79 Å². The summed E-state index contributed by atoms with van der Waals surface area (Å²) in [5, 5.41) is 17.7. The van der Waals surface area contributed by atoms with Crippen LogP contribution in [0.5, 0.6) is 0 Å². The molecule has 2 aliphatic heterocycles. The average Bonchev–Trinajstić information content (AvgIpc) is 2.89. The maximum absolute atomic E-state index is 12.7. The van der Waals surface area contributed by atoms with Crippen molar-refractivity contribution in [2.45, 2.75) is 51.2 Å². The summed E-state index contributed by atoms with van der Waals surface area (Å²) in [5.74, 6) is -1.34. The number of carboxylic acids is 1. The predicted molar refractivity (Wildman–Crippen MR) is 128 cm³/mol. The van der Waals surface area contributed by atoms with Gasteiger partial charge in [0.05, 0.1) is 5.92 Å². The molecule has 192 valence electrons. The molecule has 0 spiro atoms. The van der Waals surface area contributed by atoms with Gasteiger partial charge in [-0.25, -0.2) is 9.59 Å². The van der Waals surface area contributed by atoms with E-state index in [9.17, 15) is 24.3 Å². The second kappa shape index (κ2) is 13.7. The first-order valence-electron chi connectivity index (χ1n) is 12.4. The summed E-state index contributed by atoms with van der Waals surface area (Å²) in [5.41, 5.74) is 0.773. The van der Waals surface area contributed by atoms with Crippen LogP contribution in [0.1, 0.15) is 44.1 Å². The van der Waals surface area contributed by atoms with Crippen molar-refractivity contribution in [3.05, 3.63) is 35.9 Å². The number of piperidine rings is 2. The summed E-state index contributed by atoms with van der Waals surface area (Å²) in [7, 11) is 0. The normalized spacial score (nSPS) is 19.4. The fourth-order valence-electron chi connectivity index (χ4n) is 4.53.